The van der Waals surface area contributed by atoms with E-state index in [9.17, 15) is 0 Å². The maximum absolute atomic E-state index is 6.92. The van der Waals surface area contributed by atoms with Gasteiger partial charge in [0.1, 0.15) is 34.5 Å². The fourth-order valence-corrected chi connectivity index (χ4v) is 14.5. The Bertz CT molecular complexity index is 3320. The molecule has 0 saturated heterocycles. The van der Waals surface area contributed by atoms with Crippen molar-refractivity contribution in [2.75, 3.05) is 0 Å². The number of imidazole rings is 1. The molecule has 0 bridgehead atoms. The summed E-state index contributed by atoms with van der Waals surface area (Å²) < 4.78 is 18.1. The number of benzene rings is 7. The molecule has 12 rings (SSSR count). The molecule has 57 heavy (non-hydrogen) atoms. The second-order valence-corrected chi connectivity index (χ2v) is 18.3. The molecule has 11 aromatic rings. The summed E-state index contributed by atoms with van der Waals surface area (Å²) >= 11 is 0. The van der Waals surface area contributed by atoms with Crippen LogP contribution < -0.4 is 30.2 Å². The fourth-order valence-electron chi connectivity index (χ4n) is 9.34. The van der Waals surface area contributed by atoms with Gasteiger partial charge in [-0.25, -0.2) is 9.97 Å². The topological polar surface area (TPSA) is 53.6 Å². The van der Waals surface area contributed by atoms with Gasteiger partial charge in [0.2, 0.25) is 0 Å². The average Bonchev–Trinajstić information content (AvgIpc) is 3.90. The van der Waals surface area contributed by atoms with Crippen molar-refractivity contribution in [3.63, 3.8) is 0 Å². The molecule has 0 unspecified atom stereocenters. The summed E-state index contributed by atoms with van der Waals surface area (Å²) in [6, 6.07) is 62.3. The predicted octanol–water partition coefficient (Wildman–Crippen LogP) is 9.41. The van der Waals surface area contributed by atoms with Crippen LogP contribution in [-0.2, 0) is 0 Å². The van der Waals surface area contributed by atoms with E-state index in [0.717, 1.165) is 72.6 Å². The van der Waals surface area contributed by atoms with E-state index in [-0.39, 0.29) is 0 Å². The van der Waals surface area contributed by atoms with Gasteiger partial charge in [-0.2, -0.15) is 0 Å². The number of hydrogen-bond acceptors (Lipinski definition) is 4. The molecule has 0 spiro atoms. The normalized spacial score (nSPS) is 13.2. The van der Waals surface area contributed by atoms with Crippen molar-refractivity contribution in [1.29, 1.82) is 0 Å². The molecule has 0 atom stereocenters. The highest BCUT2D eigenvalue weighted by Crippen LogP contribution is 2.40. The third-order valence-corrected chi connectivity index (χ3v) is 16.5. The predicted molar refractivity (Wildman–Crippen MR) is 233 cm³/mol. The standard InChI is InChI=1S/C50H32N4O2Si/c1-3-13-35(14-4-1)57(36-15-5-2-6-16-36)46-20-10-9-19-44(46)56-45-27-26-42-48(49(45)57)39-25-23-34(32-43(39)54(42)47-21-11-12-28-51-47)55-33-22-24-37-38-17-7-8-18-41(38)53-30-29-52-50(53)40(37)31-33/h1-32H. The van der Waals surface area contributed by atoms with Crippen LogP contribution in [0.3, 0.4) is 0 Å². The lowest BCUT2D eigenvalue weighted by Gasteiger charge is -2.40. The first-order valence-electron chi connectivity index (χ1n) is 19.1. The number of aromatic nitrogens is 4. The molecule has 0 saturated carbocycles. The summed E-state index contributed by atoms with van der Waals surface area (Å²) in [4.78, 5) is 9.66. The van der Waals surface area contributed by atoms with Crippen LogP contribution in [-0.4, -0.2) is 27.0 Å². The molecule has 1 aliphatic heterocycles. The summed E-state index contributed by atoms with van der Waals surface area (Å²) in [5, 5.41) is 10.7. The van der Waals surface area contributed by atoms with Crippen LogP contribution in [0.2, 0.25) is 0 Å². The van der Waals surface area contributed by atoms with Gasteiger partial charge in [-0.05, 0) is 87.7 Å². The number of rotatable bonds is 5. The highest BCUT2D eigenvalue weighted by Gasteiger charge is 2.49. The van der Waals surface area contributed by atoms with E-state index in [4.69, 9.17) is 19.4 Å². The molecular weight excluding hydrogens is 717 g/mol. The molecule has 4 aromatic heterocycles. The third-order valence-electron chi connectivity index (χ3n) is 11.6. The van der Waals surface area contributed by atoms with Crippen LogP contribution in [0.1, 0.15) is 0 Å². The quantitative estimate of drug-likeness (QED) is 0.130. The van der Waals surface area contributed by atoms with Crippen molar-refractivity contribution >= 4 is 77.9 Å². The minimum Gasteiger partial charge on any atom is -0.458 e. The minimum absolute atomic E-state index is 0.729. The zero-order valence-corrected chi connectivity index (χ0v) is 31.6. The Balaban J connectivity index is 1.13. The summed E-state index contributed by atoms with van der Waals surface area (Å²) in [5.41, 5.74) is 4.09. The first-order valence-corrected chi connectivity index (χ1v) is 21.1. The van der Waals surface area contributed by atoms with Gasteiger partial charge in [0, 0.05) is 51.4 Å². The van der Waals surface area contributed by atoms with Crippen LogP contribution in [0.15, 0.2) is 195 Å². The van der Waals surface area contributed by atoms with Gasteiger partial charge in [-0.1, -0.05) is 103 Å². The van der Waals surface area contributed by atoms with E-state index >= 15 is 0 Å². The van der Waals surface area contributed by atoms with E-state index in [1.54, 1.807) is 0 Å². The van der Waals surface area contributed by atoms with Crippen molar-refractivity contribution in [3.8, 4) is 28.8 Å². The average molecular weight is 749 g/mol. The molecule has 0 aliphatic carbocycles. The number of nitrogens with zero attached hydrogens (tertiary/aromatic N) is 4. The van der Waals surface area contributed by atoms with Crippen LogP contribution in [0.5, 0.6) is 23.0 Å². The zero-order valence-electron chi connectivity index (χ0n) is 30.6. The maximum atomic E-state index is 6.92. The molecule has 7 aromatic carbocycles. The molecule has 0 radical (unpaired) electrons. The molecular formula is C50H32N4O2Si. The SMILES string of the molecule is c1ccc([Si]2(c3ccccc3)c3ccccc3Oc3ccc4c(c32)c2ccc(Oc3ccc5c6ccccc6n6ccnc6c5c3)cc2n4-c2ccccn2)cc1. The second-order valence-electron chi connectivity index (χ2n) is 14.6. The molecule has 268 valence electrons. The van der Waals surface area contributed by atoms with Crippen molar-refractivity contribution in [2.45, 2.75) is 0 Å². The van der Waals surface area contributed by atoms with E-state index in [0.29, 0.717) is 0 Å². The van der Waals surface area contributed by atoms with Gasteiger partial charge in [0.05, 0.1) is 16.6 Å². The minimum atomic E-state index is -2.98. The Labute approximate surface area is 328 Å². The van der Waals surface area contributed by atoms with Crippen LogP contribution in [0.4, 0.5) is 0 Å². The van der Waals surface area contributed by atoms with E-state index in [1.807, 2.05) is 30.7 Å². The highest BCUT2D eigenvalue weighted by molar-refractivity contribution is 7.21. The summed E-state index contributed by atoms with van der Waals surface area (Å²) in [6.45, 7) is 0. The van der Waals surface area contributed by atoms with Crippen LogP contribution in [0, 0.1) is 0 Å². The van der Waals surface area contributed by atoms with E-state index in [2.05, 4.69) is 173 Å². The van der Waals surface area contributed by atoms with Gasteiger partial charge in [-0.3, -0.25) is 8.97 Å². The van der Waals surface area contributed by atoms with Crippen molar-refractivity contribution in [1.82, 2.24) is 18.9 Å². The van der Waals surface area contributed by atoms with Gasteiger partial charge >= 0.3 is 0 Å². The van der Waals surface area contributed by atoms with Gasteiger partial charge in [0.15, 0.2) is 8.07 Å². The monoisotopic (exact) mass is 748 g/mol. The van der Waals surface area contributed by atoms with E-state index in [1.165, 1.54) is 26.1 Å². The van der Waals surface area contributed by atoms with Crippen molar-refractivity contribution in [3.05, 3.63) is 195 Å². The smallest absolute Gasteiger partial charge is 0.189 e. The fraction of sp³-hybridized carbons (Fsp3) is 0. The summed E-state index contributed by atoms with van der Waals surface area (Å²) in [7, 11) is -2.98. The number of ether oxygens (including phenoxy) is 2. The molecule has 5 heterocycles. The van der Waals surface area contributed by atoms with Crippen LogP contribution >= 0.6 is 0 Å². The Morgan fingerprint density at radius 2 is 1.21 bits per heavy atom. The number of hydrogen-bond donors (Lipinski definition) is 0. The summed E-state index contributed by atoms with van der Waals surface area (Å²) in [5.74, 6) is 4.09. The first-order chi connectivity index (χ1) is 28.3. The molecule has 0 N–H and O–H groups in total. The van der Waals surface area contributed by atoms with Gasteiger partial charge in [-0.15, -0.1) is 0 Å². The molecule has 0 amide bonds. The van der Waals surface area contributed by atoms with Crippen molar-refractivity contribution in [2.24, 2.45) is 0 Å². The van der Waals surface area contributed by atoms with Crippen LogP contribution in [0.25, 0.3) is 54.9 Å². The Morgan fingerprint density at radius 1 is 0.491 bits per heavy atom. The Kier molecular flexibility index (Phi) is 6.85. The second kappa shape index (κ2) is 12.3. The number of para-hydroxylation sites is 2. The number of fused-ring (bicyclic) bond motifs is 12. The van der Waals surface area contributed by atoms with Gasteiger partial charge < -0.3 is 9.47 Å². The lowest BCUT2D eigenvalue weighted by molar-refractivity contribution is 0.484. The van der Waals surface area contributed by atoms with Crippen molar-refractivity contribution < 1.29 is 9.47 Å². The molecule has 6 nitrogen and oxygen atoms in total. The lowest BCUT2D eigenvalue weighted by atomic mass is 10.1. The van der Waals surface area contributed by atoms with E-state index < -0.39 is 8.07 Å². The lowest BCUT2D eigenvalue weighted by Crippen LogP contribution is -2.76. The number of pyridine rings is 2. The zero-order chi connectivity index (χ0) is 37.5. The first kappa shape index (κ1) is 31.8. The largest absolute Gasteiger partial charge is 0.458 e. The highest BCUT2D eigenvalue weighted by atomic mass is 28.3. The molecule has 0 fully saturated rings. The Morgan fingerprint density at radius 3 is 2.02 bits per heavy atom. The van der Waals surface area contributed by atoms with Gasteiger partial charge in [0.25, 0.3) is 0 Å². The maximum Gasteiger partial charge on any atom is 0.189 e. The molecule has 7 heteroatoms. The third kappa shape index (κ3) is 4.57. The Hall–Kier alpha value is -7.48. The summed E-state index contributed by atoms with van der Waals surface area (Å²) in [6.07, 6.45) is 5.73. The molecule has 1 aliphatic rings.